The van der Waals surface area contributed by atoms with Gasteiger partial charge in [-0.3, -0.25) is 19.7 Å². The van der Waals surface area contributed by atoms with Crippen LogP contribution in [-0.2, 0) is 16.0 Å². The number of carbonyl (C=O) groups is 3. The van der Waals surface area contributed by atoms with Crippen LogP contribution in [0.4, 0.5) is 4.79 Å². The number of methoxy groups -OCH3 is 1. The lowest BCUT2D eigenvalue weighted by atomic mass is 10.1. The van der Waals surface area contributed by atoms with Gasteiger partial charge in [0.15, 0.2) is 11.5 Å². The molecule has 2 aromatic rings. The highest BCUT2D eigenvalue weighted by molar-refractivity contribution is 8.18. The molecule has 0 aliphatic carbocycles. The molecule has 1 aliphatic heterocycles. The van der Waals surface area contributed by atoms with Gasteiger partial charge in [-0.2, -0.15) is 0 Å². The number of rotatable bonds is 5. The Labute approximate surface area is 160 Å². The highest BCUT2D eigenvalue weighted by Crippen LogP contribution is 2.31. The zero-order valence-electron chi connectivity index (χ0n) is 14.8. The van der Waals surface area contributed by atoms with E-state index in [0.717, 1.165) is 22.9 Å². The second-order valence-corrected chi connectivity index (χ2v) is 6.92. The van der Waals surface area contributed by atoms with E-state index in [1.165, 1.54) is 7.11 Å². The molecular formula is C20H17NO5S. The molecule has 138 valence electrons. The Kier molecular flexibility index (Phi) is 5.61. The Morgan fingerprint density at radius 3 is 2.63 bits per heavy atom. The van der Waals surface area contributed by atoms with E-state index in [-0.39, 0.29) is 12.2 Å². The largest absolute Gasteiger partial charge is 0.493 e. The van der Waals surface area contributed by atoms with Crippen molar-refractivity contribution in [2.24, 2.45) is 0 Å². The average Bonchev–Trinajstić information content (AvgIpc) is 2.93. The first-order valence-corrected chi connectivity index (χ1v) is 8.95. The Bertz CT molecular complexity index is 951. The summed E-state index contributed by atoms with van der Waals surface area (Å²) < 4.78 is 10.7. The van der Waals surface area contributed by atoms with Gasteiger partial charge in [0, 0.05) is 0 Å². The fourth-order valence-electron chi connectivity index (χ4n) is 2.58. The Morgan fingerprint density at radius 1 is 1.15 bits per heavy atom. The van der Waals surface area contributed by atoms with Crippen molar-refractivity contribution in [3.8, 4) is 11.5 Å². The molecule has 2 amide bonds. The summed E-state index contributed by atoms with van der Waals surface area (Å²) >= 11 is 0.835. The maximum atomic E-state index is 12.2. The van der Waals surface area contributed by atoms with E-state index in [1.807, 2.05) is 31.2 Å². The van der Waals surface area contributed by atoms with E-state index in [1.54, 1.807) is 24.3 Å². The molecule has 0 saturated carbocycles. The van der Waals surface area contributed by atoms with Gasteiger partial charge >= 0.3 is 5.97 Å². The van der Waals surface area contributed by atoms with E-state index in [2.05, 4.69) is 5.32 Å². The first-order chi connectivity index (χ1) is 12.9. The van der Waals surface area contributed by atoms with Crippen molar-refractivity contribution in [1.29, 1.82) is 0 Å². The normalized spacial score (nSPS) is 15.0. The van der Waals surface area contributed by atoms with Crippen LogP contribution in [0, 0.1) is 6.92 Å². The van der Waals surface area contributed by atoms with Crippen molar-refractivity contribution < 1.29 is 23.9 Å². The van der Waals surface area contributed by atoms with Crippen LogP contribution in [0.5, 0.6) is 11.5 Å². The van der Waals surface area contributed by atoms with Crippen molar-refractivity contribution >= 4 is 35.0 Å². The monoisotopic (exact) mass is 383 g/mol. The number of benzene rings is 2. The van der Waals surface area contributed by atoms with Gasteiger partial charge in [-0.1, -0.05) is 35.9 Å². The summed E-state index contributed by atoms with van der Waals surface area (Å²) in [5.41, 5.74) is 2.59. The Balaban J connectivity index is 1.74. The topological polar surface area (TPSA) is 81.7 Å². The predicted octanol–water partition coefficient (Wildman–Crippen LogP) is 3.48. The van der Waals surface area contributed by atoms with Crippen molar-refractivity contribution in [2.75, 3.05) is 7.11 Å². The minimum absolute atomic E-state index is 0.148. The standard InChI is InChI=1S/C20H17NO5S/c1-12-4-3-5-13(8-12)11-18(22)26-15-7-6-14(9-16(15)25-2)10-17-19(23)21-20(24)27-17/h3-10H,11H2,1-2H3,(H,21,23,24). The van der Waals surface area contributed by atoms with E-state index in [4.69, 9.17) is 9.47 Å². The molecule has 27 heavy (non-hydrogen) atoms. The number of hydrogen-bond acceptors (Lipinski definition) is 6. The van der Waals surface area contributed by atoms with Gasteiger partial charge in [-0.05, 0) is 48.0 Å². The summed E-state index contributed by atoms with van der Waals surface area (Å²) in [7, 11) is 1.46. The smallest absolute Gasteiger partial charge is 0.315 e. The van der Waals surface area contributed by atoms with E-state index >= 15 is 0 Å². The van der Waals surface area contributed by atoms with Crippen LogP contribution in [0.25, 0.3) is 6.08 Å². The third kappa shape index (κ3) is 4.77. The number of aryl methyl sites for hydroxylation is 1. The summed E-state index contributed by atoms with van der Waals surface area (Å²) in [6.07, 6.45) is 1.72. The molecule has 3 rings (SSSR count). The van der Waals surface area contributed by atoms with Gasteiger partial charge in [0.2, 0.25) is 0 Å². The maximum absolute atomic E-state index is 12.2. The minimum atomic E-state index is -0.433. The molecule has 1 aliphatic rings. The number of nitrogens with one attached hydrogen (secondary N) is 1. The third-order valence-corrected chi connectivity index (χ3v) is 4.59. The SMILES string of the molecule is COc1cc(C=C2SC(=O)NC2=O)ccc1OC(=O)Cc1cccc(C)c1. The third-order valence-electron chi connectivity index (χ3n) is 3.78. The minimum Gasteiger partial charge on any atom is -0.493 e. The van der Waals surface area contributed by atoms with Gasteiger partial charge in [0.25, 0.3) is 11.1 Å². The summed E-state index contributed by atoms with van der Waals surface area (Å²) in [5, 5.41) is 1.79. The lowest BCUT2D eigenvalue weighted by Gasteiger charge is -2.10. The summed E-state index contributed by atoms with van der Waals surface area (Å²) in [6.45, 7) is 1.96. The van der Waals surface area contributed by atoms with Crippen LogP contribution in [0.15, 0.2) is 47.4 Å². The number of thioether (sulfide) groups is 1. The number of esters is 1. The molecule has 1 fully saturated rings. The predicted molar refractivity (Wildman–Crippen MR) is 103 cm³/mol. The van der Waals surface area contributed by atoms with Crippen LogP contribution in [0.3, 0.4) is 0 Å². The number of carbonyl (C=O) groups excluding carboxylic acids is 3. The van der Waals surface area contributed by atoms with Gasteiger partial charge in [0.05, 0.1) is 18.4 Å². The van der Waals surface area contributed by atoms with Crippen molar-refractivity contribution in [3.05, 3.63) is 64.1 Å². The van der Waals surface area contributed by atoms with Gasteiger partial charge in [0.1, 0.15) is 0 Å². The second kappa shape index (κ2) is 8.09. The molecule has 0 radical (unpaired) electrons. The van der Waals surface area contributed by atoms with E-state index < -0.39 is 17.1 Å². The highest BCUT2D eigenvalue weighted by atomic mass is 32.2. The fraction of sp³-hybridized carbons (Fsp3) is 0.150. The van der Waals surface area contributed by atoms with E-state index in [0.29, 0.717) is 16.2 Å². The summed E-state index contributed by atoms with van der Waals surface area (Å²) in [5.74, 6) is -0.187. The Morgan fingerprint density at radius 2 is 1.96 bits per heavy atom. The van der Waals surface area contributed by atoms with Crippen LogP contribution >= 0.6 is 11.8 Å². The number of imide groups is 1. The van der Waals surface area contributed by atoms with Crippen LogP contribution in [0.2, 0.25) is 0 Å². The molecule has 0 unspecified atom stereocenters. The lowest BCUT2D eigenvalue weighted by molar-refractivity contribution is -0.133. The molecular weight excluding hydrogens is 366 g/mol. The molecule has 0 spiro atoms. The first-order valence-electron chi connectivity index (χ1n) is 8.14. The van der Waals surface area contributed by atoms with E-state index in [9.17, 15) is 14.4 Å². The zero-order chi connectivity index (χ0) is 19.4. The van der Waals surface area contributed by atoms with Crippen LogP contribution in [-0.4, -0.2) is 24.2 Å². The fourth-order valence-corrected chi connectivity index (χ4v) is 3.26. The maximum Gasteiger partial charge on any atom is 0.315 e. The first kappa shape index (κ1) is 18.7. The molecule has 1 N–H and O–H groups in total. The van der Waals surface area contributed by atoms with Crippen molar-refractivity contribution in [3.63, 3.8) is 0 Å². The van der Waals surface area contributed by atoms with Gasteiger partial charge in [-0.25, -0.2) is 0 Å². The summed E-state index contributed by atoms with van der Waals surface area (Å²) in [4.78, 5) is 35.4. The Hall–Kier alpha value is -3.06. The second-order valence-electron chi connectivity index (χ2n) is 5.90. The van der Waals surface area contributed by atoms with Crippen LogP contribution in [0.1, 0.15) is 16.7 Å². The van der Waals surface area contributed by atoms with Crippen molar-refractivity contribution in [1.82, 2.24) is 5.32 Å². The van der Waals surface area contributed by atoms with Crippen molar-refractivity contribution in [2.45, 2.75) is 13.3 Å². The molecule has 1 heterocycles. The number of hydrogen-bond donors (Lipinski definition) is 1. The lowest BCUT2D eigenvalue weighted by Crippen LogP contribution is -2.17. The molecule has 7 heteroatoms. The molecule has 6 nitrogen and oxygen atoms in total. The molecule has 1 saturated heterocycles. The molecule has 2 aromatic carbocycles. The number of ether oxygens (including phenoxy) is 2. The zero-order valence-corrected chi connectivity index (χ0v) is 15.6. The summed E-state index contributed by atoms with van der Waals surface area (Å²) in [6, 6.07) is 12.6. The molecule has 0 bridgehead atoms. The van der Waals surface area contributed by atoms with Crippen LogP contribution < -0.4 is 14.8 Å². The quantitative estimate of drug-likeness (QED) is 0.484. The number of amides is 2. The highest BCUT2D eigenvalue weighted by Gasteiger charge is 2.25. The molecule has 0 aromatic heterocycles. The van der Waals surface area contributed by atoms with Gasteiger partial charge in [-0.15, -0.1) is 0 Å². The van der Waals surface area contributed by atoms with Gasteiger partial charge < -0.3 is 9.47 Å². The average molecular weight is 383 g/mol. The molecule has 0 atom stereocenters.